The number of methoxy groups -OCH3 is 1. The topological polar surface area (TPSA) is 119 Å². The number of amides is 3. The van der Waals surface area contributed by atoms with Crippen LogP contribution in [0.2, 0.25) is 0 Å². The molecular formula is C23H17N3O5. The summed E-state index contributed by atoms with van der Waals surface area (Å²) in [7, 11) is 1.28. The Balaban J connectivity index is 1.56. The molecule has 0 saturated carbocycles. The van der Waals surface area contributed by atoms with Gasteiger partial charge in [-0.05, 0) is 66.7 Å². The Morgan fingerprint density at radius 2 is 1.45 bits per heavy atom. The molecule has 1 aliphatic heterocycles. The van der Waals surface area contributed by atoms with Crippen LogP contribution in [0.15, 0.2) is 66.7 Å². The third kappa shape index (κ3) is 3.62. The van der Waals surface area contributed by atoms with Crippen molar-refractivity contribution in [2.45, 2.75) is 0 Å². The maximum Gasteiger partial charge on any atom is 0.337 e. The fraction of sp³-hybridized carbons (Fsp3) is 0.0435. The summed E-state index contributed by atoms with van der Waals surface area (Å²) in [6.45, 7) is 0. The maximum absolute atomic E-state index is 12.9. The number of fused-ring (bicyclic) bond motifs is 1. The van der Waals surface area contributed by atoms with Crippen LogP contribution in [0.3, 0.4) is 0 Å². The fourth-order valence-electron chi connectivity index (χ4n) is 3.25. The predicted molar refractivity (Wildman–Crippen MR) is 114 cm³/mol. The molecule has 0 bridgehead atoms. The Bertz CT molecular complexity index is 1220. The van der Waals surface area contributed by atoms with Crippen LogP contribution < -0.4 is 16.0 Å². The second kappa shape index (κ2) is 7.75. The molecule has 0 unspecified atom stereocenters. The smallest absolute Gasteiger partial charge is 0.337 e. The van der Waals surface area contributed by atoms with Crippen molar-refractivity contribution in [3.63, 3.8) is 0 Å². The number of nitrogens with two attached hydrogens (primary N) is 1. The lowest BCUT2D eigenvalue weighted by Crippen LogP contribution is -2.29. The second-order valence-electron chi connectivity index (χ2n) is 6.82. The fourth-order valence-corrected chi connectivity index (χ4v) is 3.25. The average Bonchev–Trinajstić information content (AvgIpc) is 3.04. The number of nitrogens with zero attached hydrogens (tertiary/aromatic N) is 1. The number of imide groups is 1. The van der Waals surface area contributed by atoms with E-state index < -0.39 is 23.7 Å². The van der Waals surface area contributed by atoms with Crippen molar-refractivity contribution < 1.29 is 23.9 Å². The summed E-state index contributed by atoms with van der Waals surface area (Å²) >= 11 is 0. The number of nitrogens with one attached hydrogen (secondary N) is 1. The van der Waals surface area contributed by atoms with Crippen LogP contribution in [-0.2, 0) is 4.74 Å². The van der Waals surface area contributed by atoms with E-state index in [1.54, 1.807) is 36.4 Å². The molecule has 31 heavy (non-hydrogen) atoms. The first-order chi connectivity index (χ1) is 14.9. The molecule has 0 radical (unpaired) electrons. The number of rotatable bonds is 4. The van der Waals surface area contributed by atoms with Crippen LogP contribution in [-0.4, -0.2) is 30.8 Å². The number of esters is 1. The van der Waals surface area contributed by atoms with Gasteiger partial charge in [-0.2, -0.15) is 0 Å². The maximum atomic E-state index is 12.9. The molecular weight excluding hydrogens is 398 g/mol. The van der Waals surface area contributed by atoms with Gasteiger partial charge in [0.05, 0.1) is 29.5 Å². The first-order valence-corrected chi connectivity index (χ1v) is 9.27. The minimum atomic E-state index is -0.512. The van der Waals surface area contributed by atoms with Gasteiger partial charge in [-0.25, -0.2) is 9.69 Å². The van der Waals surface area contributed by atoms with Crippen molar-refractivity contribution >= 4 is 40.8 Å². The molecule has 1 heterocycles. The van der Waals surface area contributed by atoms with Gasteiger partial charge >= 0.3 is 5.97 Å². The lowest BCUT2D eigenvalue weighted by Gasteiger charge is -2.13. The monoisotopic (exact) mass is 415 g/mol. The van der Waals surface area contributed by atoms with Crippen LogP contribution in [0.4, 0.5) is 17.1 Å². The second-order valence-corrected chi connectivity index (χ2v) is 6.82. The van der Waals surface area contributed by atoms with Crippen LogP contribution in [0.5, 0.6) is 0 Å². The summed E-state index contributed by atoms with van der Waals surface area (Å²) in [4.78, 5) is 50.8. The molecule has 0 aromatic heterocycles. The molecule has 8 nitrogen and oxygen atoms in total. The number of hydrogen-bond acceptors (Lipinski definition) is 6. The molecule has 3 N–H and O–H groups in total. The lowest BCUT2D eigenvalue weighted by molar-refractivity contribution is 0.0600. The normalized spacial score (nSPS) is 12.5. The van der Waals surface area contributed by atoms with Crippen LogP contribution in [0, 0.1) is 0 Å². The van der Waals surface area contributed by atoms with E-state index >= 15 is 0 Å². The van der Waals surface area contributed by atoms with Crippen molar-refractivity contribution in [3.05, 3.63) is 89.0 Å². The zero-order valence-electron chi connectivity index (χ0n) is 16.4. The molecule has 3 aromatic rings. The highest BCUT2D eigenvalue weighted by Gasteiger charge is 2.37. The van der Waals surface area contributed by atoms with E-state index in [-0.39, 0.29) is 16.7 Å². The molecule has 0 aliphatic carbocycles. The van der Waals surface area contributed by atoms with Gasteiger partial charge in [0, 0.05) is 16.9 Å². The van der Waals surface area contributed by atoms with Gasteiger partial charge < -0.3 is 15.8 Å². The van der Waals surface area contributed by atoms with Gasteiger partial charge in [-0.3, -0.25) is 14.4 Å². The molecule has 8 heteroatoms. The van der Waals surface area contributed by atoms with Crippen molar-refractivity contribution in [1.82, 2.24) is 0 Å². The summed E-state index contributed by atoms with van der Waals surface area (Å²) in [5, 5.41) is 2.69. The van der Waals surface area contributed by atoms with Gasteiger partial charge in [0.1, 0.15) is 0 Å². The molecule has 154 valence electrons. The van der Waals surface area contributed by atoms with Gasteiger partial charge in [0.15, 0.2) is 0 Å². The summed E-state index contributed by atoms with van der Waals surface area (Å²) in [5.74, 6) is -1.91. The largest absolute Gasteiger partial charge is 0.465 e. The first kappa shape index (κ1) is 19.8. The number of ether oxygens (including phenoxy) is 1. The standard InChI is InChI=1S/C23H17N3O5/c1-31-23(30)13-2-7-16(8-3-13)25-20(27)14-4-11-18-19(12-14)22(29)26(21(18)28)17-9-5-15(24)6-10-17/h2-12H,24H2,1H3,(H,25,27). The lowest BCUT2D eigenvalue weighted by atomic mass is 10.1. The summed E-state index contributed by atoms with van der Waals surface area (Å²) in [6.07, 6.45) is 0. The highest BCUT2D eigenvalue weighted by molar-refractivity contribution is 6.34. The Kier molecular flexibility index (Phi) is 4.96. The third-order valence-corrected chi connectivity index (χ3v) is 4.86. The van der Waals surface area contributed by atoms with E-state index in [4.69, 9.17) is 5.73 Å². The summed E-state index contributed by atoms with van der Waals surface area (Å²) < 4.78 is 4.64. The minimum absolute atomic E-state index is 0.149. The number of hydrogen-bond donors (Lipinski definition) is 2. The number of carbonyl (C=O) groups excluding carboxylic acids is 4. The van der Waals surface area contributed by atoms with Gasteiger partial charge in [-0.15, -0.1) is 0 Å². The zero-order valence-corrected chi connectivity index (χ0v) is 16.4. The average molecular weight is 415 g/mol. The molecule has 0 saturated heterocycles. The van der Waals surface area contributed by atoms with Crippen molar-refractivity contribution in [2.24, 2.45) is 0 Å². The number of benzene rings is 3. The summed E-state index contributed by atoms with van der Waals surface area (Å²) in [6, 6.07) is 16.9. The van der Waals surface area contributed by atoms with Crippen LogP contribution in [0.25, 0.3) is 0 Å². The molecule has 3 amide bonds. The van der Waals surface area contributed by atoms with Crippen LogP contribution >= 0.6 is 0 Å². The zero-order chi connectivity index (χ0) is 22.1. The Morgan fingerprint density at radius 3 is 2.10 bits per heavy atom. The Labute approximate surface area is 177 Å². The SMILES string of the molecule is COC(=O)c1ccc(NC(=O)c2ccc3c(c2)C(=O)N(c2ccc(N)cc2)C3=O)cc1. The van der Waals surface area contributed by atoms with Crippen molar-refractivity contribution in [1.29, 1.82) is 0 Å². The number of carbonyl (C=O) groups is 4. The van der Waals surface area contributed by atoms with E-state index in [2.05, 4.69) is 10.1 Å². The first-order valence-electron chi connectivity index (χ1n) is 9.27. The van der Waals surface area contributed by atoms with Gasteiger partial charge in [-0.1, -0.05) is 0 Å². The highest BCUT2D eigenvalue weighted by Crippen LogP contribution is 2.29. The predicted octanol–water partition coefficient (Wildman–Crippen LogP) is 3.11. The van der Waals surface area contributed by atoms with Crippen LogP contribution in [0.1, 0.15) is 41.4 Å². The van der Waals surface area contributed by atoms with E-state index in [0.717, 1.165) is 4.90 Å². The van der Waals surface area contributed by atoms with Gasteiger partial charge in [0.25, 0.3) is 17.7 Å². The van der Waals surface area contributed by atoms with Crippen molar-refractivity contribution in [2.75, 3.05) is 23.1 Å². The minimum Gasteiger partial charge on any atom is -0.465 e. The highest BCUT2D eigenvalue weighted by atomic mass is 16.5. The molecule has 1 aliphatic rings. The Hall–Kier alpha value is -4.46. The summed E-state index contributed by atoms with van der Waals surface area (Å²) in [5.41, 5.74) is 7.99. The molecule has 4 rings (SSSR count). The van der Waals surface area contributed by atoms with Gasteiger partial charge in [0.2, 0.25) is 0 Å². The van der Waals surface area contributed by atoms with E-state index in [1.807, 2.05) is 0 Å². The molecule has 0 atom stereocenters. The molecule has 0 spiro atoms. The Morgan fingerprint density at radius 1 is 0.839 bits per heavy atom. The van der Waals surface area contributed by atoms with E-state index in [0.29, 0.717) is 22.6 Å². The van der Waals surface area contributed by atoms with E-state index in [1.165, 1.54) is 37.4 Å². The number of nitrogen functional groups attached to an aromatic ring is 1. The molecule has 3 aromatic carbocycles. The van der Waals surface area contributed by atoms with E-state index in [9.17, 15) is 19.2 Å². The van der Waals surface area contributed by atoms with Crippen molar-refractivity contribution in [3.8, 4) is 0 Å². The quantitative estimate of drug-likeness (QED) is 0.384. The molecule has 0 fully saturated rings. The number of anilines is 3. The third-order valence-electron chi connectivity index (χ3n) is 4.86.